The van der Waals surface area contributed by atoms with Crippen molar-refractivity contribution in [1.82, 2.24) is 103 Å². The monoisotopic (exact) mass is 1910 g/mol. The normalized spacial score (nSPS) is 24.6. The average molecular weight is 1910 g/mol. The van der Waals surface area contributed by atoms with E-state index in [4.69, 9.17) is 11.5 Å². The van der Waals surface area contributed by atoms with E-state index in [9.17, 15) is 78.3 Å². The van der Waals surface area contributed by atoms with Crippen molar-refractivity contribution in [1.29, 1.82) is 0 Å². The third-order valence-electron chi connectivity index (χ3n) is 24.6. The number of carboxylic acids is 2. The number of aliphatic carboxylic acids is 2. The number of carboxylic acid groups (broad SMARTS) is 2. The van der Waals surface area contributed by atoms with E-state index >= 15 is 38.4 Å². The molecule has 3 aromatic carbocycles. The Balaban J connectivity index is 1.10. The van der Waals surface area contributed by atoms with Crippen LogP contribution in [0.15, 0.2) is 97.7 Å². The van der Waals surface area contributed by atoms with Crippen LogP contribution < -0.4 is 70.0 Å². The second-order valence-corrected chi connectivity index (χ2v) is 34.5. The first-order valence-corrected chi connectivity index (χ1v) is 45.6. The molecule has 9 rings (SSSR count). The number of aromatic nitrogens is 4. The van der Waals surface area contributed by atoms with E-state index < -0.39 is 281 Å². The van der Waals surface area contributed by atoms with Gasteiger partial charge >= 0.3 is 11.9 Å². The number of hydrogen-bond acceptors (Lipinski definition) is 24. The zero-order chi connectivity index (χ0) is 100. The third kappa shape index (κ3) is 29.8. The lowest BCUT2D eigenvalue weighted by atomic mass is 9.99. The molecule has 46 heteroatoms. The first-order chi connectivity index (χ1) is 65.3. The standard InChI is InChI=1S/C91H124N22O24/c1-7-9-11-22-71-91(137)110(5)69(21-10-8-2)84(130)102-60(29-31-76(120)121)80(126)101-61(79(125)98-44-74(93)118)32-33-94-45-75(119)100-65(35-50-24-26-54(115)27-25-50)87(133)109(4)49(3)78(124)106-67(40-77(122)123)90(136)112-34-16-23-70(112)85(131)105-64(38-53-43-95-48-99-53)82(128)103-62(28-30-73(92)117)89(135)113-46-55(116)39-72(113)86(132)104-63(36-51-41-96-58-19-14-12-17-56(51)58)81(127)108-68(47-114)83(129)107-66(88(134)111(71)6)37-52-42-97-59-20-15-13-18-57(52)59/h12-15,17-20,24-27,41-43,48-49,55,60-72,94,96-97,114-116H,7-11,16,21-23,28-40,44-47H2,1-6H3,(H2,92,117)(H2,93,118)(H,95,99)(H,98,125)(H,100,119)(H,101,126)(H,102,130)(H,103,128)(H,104,132)(H,105,131)(H,106,124)(H,107,129)(H,108,127)(H,120,121)(H,122,123)/t49-,55+,60-,61-,62-,63-,64-,65-,66-,67-,68-,69-,70-,71-,72-/m0/s1. The van der Waals surface area contributed by atoms with E-state index in [0.717, 1.165) is 24.5 Å². The summed E-state index contributed by atoms with van der Waals surface area (Å²) in [5.74, 6) is -20.6. The summed E-state index contributed by atoms with van der Waals surface area (Å²) in [4.78, 5) is 292. The Hall–Kier alpha value is -14.4. The number of unbranched alkanes of at least 4 members (excludes halogenated alkanes) is 3. The highest BCUT2D eigenvalue weighted by Crippen LogP contribution is 2.28. The number of likely N-dealkylation sites (N-methyl/N-ethyl adjacent to an activating group) is 3. The molecule has 15 atom stereocenters. The second-order valence-electron chi connectivity index (χ2n) is 34.5. The molecule has 0 spiro atoms. The number of phenolic OH excluding ortho intramolecular Hbond substituents is 1. The minimum Gasteiger partial charge on any atom is -0.508 e. The quantitative estimate of drug-likeness (QED) is 0.0219. The van der Waals surface area contributed by atoms with Crippen molar-refractivity contribution in [3.05, 3.63) is 120 Å². The number of carbonyl (C=O) groups excluding carboxylic acids is 17. The number of para-hydroxylation sites is 2. The van der Waals surface area contributed by atoms with Crippen LogP contribution in [0.5, 0.6) is 5.75 Å². The van der Waals surface area contributed by atoms with Crippen molar-refractivity contribution in [2.75, 3.05) is 60.5 Å². The zero-order valence-corrected chi connectivity index (χ0v) is 77.1. The van der Waals surface area contributed by atoms with Crippen molar-refractivity contribution in [2.45, 2.75) is 240 Å². The smallest absolute Gasteiger partial charge is 0.305 e. The van der Waals surface area contributed by atoms with Crippen molar-refractivity contribution < 1.29 is 117 Å². The van der Waals surface area contributed by atoms with Crippen LogP contribution in [0.1, 0.15) is 146 Å². The number of hydrogen-bond donors (Lipinski definition) is 21. The van der Waals surface area contributed by atoms with Gasteiger partial charge in [-0.3, -0.25) is 91.1 Å². The van der Waals surface area contributed by atoms with Gasteiger partial charge in [0.25, 0.3) is 0 Å². The van der Waals surface area contributed by atoms with Crippen LogP contribution in [0.25, 0.3) is 21.8 Å². The number of aromatic amines is 3. The number of H-pyrrole nitrogens is 3. The molecule has 46 nitrogen and oxygen atoms in total. The van der Waals surface area contributed by atoms with Gasteiger partial charge in [0, 0.05) is 125 Å². The topological polar surface area (TPSA) is 686 Å². The van der Waals surface area contributed by atoms with Crippen molar-refractivity contribution in [2.24, 2.45) is 11.5 Å². The molecule has 3 saturated heterocycles. The number of aliphatic hydroxyl groups excluding tert-OH is 2. The summed E-state index contributed by atoms with van der Waals surface area (Å²) in [7, 11) is 3.76. The Morgan fingerprint density at radius 3 is 1.65 bits per heavy atom. The van der Waals surface area contributed by atoms with E-state index in [2.05, 4.69) is 78.4 Å². The highest BCUT2D eigenvalue weighted by atomic mass is 16.4. The summed E-state index contributed by atoms with van der Waals surface area (Å²) in [6.45, 7) is 1.20. The summed E-state index contributed by atoms with van der Waals surface area (Å²) in [5.41, 5.74) is 13.7. The number of aliphatic hydroxyl groups is 2. The Morgan fingerprint density at radius 2 is 1.04 bits per heavy atom. The fourth-order valence-electron chi connectivity index (χ4n) is 16.8. The number of nitrogens with one attached hydrogen (secondary N) is 14. The number of benzene rings is 3. The number of imidazole rings is 1. The molecule has 17 amide bonds. The van der Waals surface area contributed by atoms with E-state index in [0.29, 0.717) is 64.2 Å². The van der Waals surface area contributed by atoms with Gasteiger partial charge in [0.2, 0.25) is 100 Å². The van der Waals surface area contributed by atoms with Gasteiger partial charge in [-0.05, 0) is 99.4 Å². The molecule has 0 bridgehead atoms. The van der Waals surface area contributed by atoms with Crippen LogP contribution >= 0.6 is 0 Å². The van der Waals surface area contributed by atoms with Gasteiger partial charge in [-0.1, -0.05) is 94.5 Å². The minimum absolute atomic E-state index is 0.0479. The molecule has 0 unspecified atom stereocenters. The van der Waals surface area contributed by atoms with Crippen molar-refractivity contribution in [3.63, 3.8) is 0 Å². The predicted octanol–water partition coefficient (Wildman–Crippen LogP) is -3.87. The first kappa shape index (κ1) is 106. The minimum atomic E-state index is -1.95. The van der Waals surface area contributed by atoms with E-state index in [1.165, 1.54) is 64.9 Å². The Kier molecular flexibility index (Phi) is 39.4. The number of primary amides is 2. The lowest BCUT2D eigenvalue weighted by Crippen LogP contribution is -2.62. The van der Waals surface area contributed by atoms with Crippen LogP contribution in [0.2, 0.25) is 0 Å². The number of rotatable bonds is 27. The second kappa shape index (κ2) is 50.8. The number of nitrogens with two attached hydrogens (primary N) is 2. The highest BCUT2D eigenvalue weighted by molar-refractivity contribution is 6.03. The van der Waals surface area contributed by atoms with Gasteiger partial charge in [0.05, 0.1) is 38.5 Å². The first-order valence-electron chi connectivity index (χ1n) is 45.6. The largest absolute Gasteiger partial charge is 0.508 e. The molecule has 3 aliphatic rings. The highest BCUT2D eigenvalue weighted by Gasteiger charge is 2.47. The van der Waals surface area contributed by atoms with E-state index in [-0.39, 0.29) is 75.9 Å². The number of carbonyl (C=O) groups is 19. The van der Waals surface area contributed by atoms with Crippen LogP contribution in [-0.4, -0.2) is 333 Å². The molecule has 3 fully saturated rings. The number of fused-ring (bicyclic) bond motifs is 4. The third-order valence-corrected chi connectivity index (χ3v) is 24.6. The van der Waals surface area contributed by atoms with Crippen LogP contribution in [-0.2, 0) is 117 Å². The number of nitrogens with zero attached hydrogens (tertiary/aromatic N) is 6. The predicted molar refractivity (Wildman–Crippen MR) is 490 cm³/mol. The van der Waals surface area contributed by atoms with Gasteiger partial charge in [-0.15, -0.1) is 0 Å². The molecule has 23 N–H and O–H groups in total. The lowest BCUT2D eigenvalue weighted by Gasteiger charge is -2.36. The summed E-state index contributed by atoms with van der Waals surface area (Å²) in [6.07, 6.45) is 0.329. The van der Waals surface area contributed by atoms with Crippen molar-refractivity contribution >= 4 is 134 Å². The Labute approximate surface area is 787 Å². The Morgan fingerprint density at radius 1 is 0.504 bits per heavy atom. The number of aromatic hydroxyl groups is 1. The fourth-order valence-corrected chi connectivity index (χ4v) is 16.8. The summed E-state index contributed by atoms with van der Waals surface area (Å²) in [6, 6.07) is -4.14. The van der Waals surface area contributed by atoms with Crippen LogP contribution in [0, 0.1) is 0 Å². The molecule has 0 aliphatic carbocycles. The molecule has 0 saturated carbocycles. The molecule has 0 radical (unpaired) electrons. The molecule has 6 heterocycles. The lowest BCUT2D eigenvalue weighted by molar-refractivity contribution is -0.149. The maximum atomic E-state index is 15.8. The molecular formula is C91H124N22O24. The van der Waals surface area contributed by atoms with Crippen LogP contribution in [0.4, 0.5) is 0 Å². The summed E-state index contributed by atoms with van der Waals surface area (Å²) in [5, 5.41) is 82.5. The maximum Gasteiger partial charge on any atom is 0.305 e. The SMILES string of the molecule is CCCCC[C@H]1C(=O)N(C)[C@@H](CCCC)C(=O)N[C@@H](CCC(=O)O)C(=O)N[C@H](C(=O)NCC(N)=O)CCNCC(=O)N[C@@H](Cc2ccc(O)cc2)C(=O)N(C)[C@@H](C)C(=O)N[C@@H](CC(=O)O)C(=O)N2CCC[C@H]2C(=O)N[C@@H](Cc2cnc[nH]2)C(=O)N[C@@H](CCC(N)=O)C(=O)N2C[C@H](O)C[C@H]2C(=O)N[C@@H](Cc2c[nH]c3ccccc23)C(=O)N[C@@H](CO)C(=O)N[C@@H](Cc2c[nH]c3ccccc23)C(=O)N1C. The molecule has 3 aromatic heterocycles. The number of amides is 17. The molecule has 3 aliphatic heterocycles. The molecule has 137 heavy (non-hydrogen) atoms. The van der Waals surface area contributed by atoms with Gasteiger partial charge < -0.3 is 135 Å². The zero-order valence-electron chi connectivity index (χ0n) is 77.1. The molecule has 742 valence electrons. The Bertz CT molecular complexity index is 5320. The number of phenols is 1. The van der Waals surface area contributed by atoms with Gasteiger partial charge in [-0.2, -0.15) is 0 Å². The van der Waals surface area contributed by atoms with Gasteiger partial charge in [-0.25, -0.2) is 4.98 Å². The van der Waals surface area contributed by atoms with Gasteiger partial charge in [0.1, 0.15) is 90.3 Å². The molecular weight excluding hydrogens is 1790 g/mol. The maximum absolute atomic E-state index is 15.8. The average Bonchev–Trinajstić information content (AvgIpc) is 1.71. The van der Waals surface area contributed by atoms with E-state index in [1.54, 1.807) is 67.8 Å². The summed E-state index contributed by atoms with van der Waals surface area (Å²) < 4.78 is 0. The van der Waals surface area contributed by atoms with Gasteiger partial charge in [0.15, 0.2) is 0 Å². The van der Waals surface area contributed by atoms with Crippen molar-refractivity contribution in [3.8, 4) is 5.75 Å². The summed E-state index contributed by atoms with van der Waals surface area (Å²) >= 11 is 0. The molecule has 6 aromatic rings. The van der Waals surface area contributed by atoms with Crippen LogP contribution in [0.3, 0.4) is 0 Å². The van der Waals surface area contributed by atoms with E-state index in [1.807, 2.05) is 6.92 Å². The fraction of sp³-hybridized carbons (Fsp3) is 0.516.